The molecule has 0 unspecified atom stereocenters. The van der Waals surface area contributed by atoms with E-state index in [9.17, 15) is 17.6 Å². The van der Waals surface area contributed by atoms with Crippen molar-refractivity contribution < 1.29 is 12.8 Å². The Labute approximate surface area is 142 Å². The molecule has 1 N–H and O–H groups in total. The standard InChI is InChI=1S/C16H15FN2O3S2/c1-2-9-19-14-8-5-12(10-15(14)23-16(19)20)18-24(21,22)13-6-3-11(17)4-7-13/h3-8,10,18H,2,9H2,1H3. The van der Waals surface area contributed by atoms with Gasteiger partial charge in [0.15, 0.2) is 0 Å². The Hall–Kier alpha value is -2.19. The fourth-order valence-corrected chi connectivity index (χ4v) is 4.40. The number of rotatable bonds is 5. The average Bonchev–Trinajstić information content (AvgIpc) is 2.83. The Morgan fingerprint density at radius 2 is 1.88 bits per heavy atom. The maximum atomic E-state index is 12.9. The summed E-state index contributed by atoms with van der Waals surface area (Å²) >= 11 is 1.08. The predicted molar refractivity (Wildman–Crippen MR) is 93.6 cm³/mol. The summed E-state index contributed by atoms with van der Waals surface area (Å²) in [5, 5.41) is 0. The molecule has 24 heavy (non-hydrogen) atoms. The van der Waals surface area contributed by atoms with Crippen LogP contribution in [0.4, 0.5) is 10.1 Å². The number of nitrogens with one attached hydrogen (secondary N) is 1. The van der Waals surface area contributed by atoms with Crippen LogP contribution in [0, 0.1) is 5.82 Å². The van der Waals surface area contributed by atoms with Crippen molar-refractivity contribution in [1.82, 2.24) is 4.57 Å². The predicted octanol–water partition coefficient (Wildman–Crippen LogP) is 3.41. The zero-order chi connectivity index (χ0) is 17.3. The number of halogens is 1. The lowest BCUT2D eigenvalue weighted by atomic mass is 10.3. The molecule has 0 saturated carbocycles. The summed E-state index contributed by atoms with van der Waals surface area (Å²) < 4.78 is 42.4. The smallest absolute Gasteiger partial charge is 0.299 e. The average molecular weight is 366 g/mol. The van der Waals surface area contributed by atoms with Gasteiger partial charge in [0.2, 0.25) is 0 Å². The number of aryl methyl sites for hydroxylation is 1. The first kappa shape index (κ1) is 16.7. The lowest BCUT2D eigenvalue weighted by Gasteiger charge is -2.08. The fraction of sp³-hybridized carbons (Fsp3) is 0.188. The normalized spacial score (nSPS) is 11.8. The van der Waals surface area contributed by atoms with Crippen LogP contribution in [0.25, 0.3) is 10.2 Å². The number of fused-ring (bicyclic) bond motifs is 1. The van der Waals surface area contributed by atoms with Gasteiger partial charge in [0.1, 0.15) is 5.82 Å². The highest BCUT2D eigenvalue weighted by Gasteiger charge is 2.15. The van der Waals surface area contributed by atoms with Crippen LogP contribution in [0.1, 0.15) is 13.3 Å². The first-order chi connectivity index (χ1) is 11.4. The highest BCUT2D eigenvalue weighted by molar-refractivity contribution is 7.92. The van der Waals surface area contributed by atoms with Gasteiger partial charge in [-0.05, 0) is 48.9 Å². The van der Waals surface area contributed by atoms with Gasteiger partial charge in [-0.1, -0.05) is 18.3 Å². The summed E-state index contributed by atoms with van der Waals surface area (Å²) in [5.41, 5.74) is 1.15. The maximum Gasteiger partial charge on any atom is 0.308 e. The summed E-state index contributed by atoms with van der Waals surface area (Å²) in [6, 6.07) is 9.56. The van der Waals surface area contributed by atoms with Gasteiger partial charge in [-0.3, -0.25) is 14.1 Å². The number of hydrogen-bond donors (Lipinski definition) is 1. The summed E-state index contributed by atoms with van der Waals surface area (Å²) in [7, 11) is -3.81. The minimum atomic E-state index is -3.81. The Balaban J connectivity index is 1.95. The number of thiazole rings is 1. The molecule has 3 aromatic rings. The van der Waals surface area contributed by atoms with Crippen molar-refractivity contribution in [2.45, 2.75) is 24.8 Å². The van der Waals surface area contributed by atoms with Crippen molar-refractivity contribution in [3.05, 3.63) is 57.9 Å². The molecule has 3 rings (SSSR count). The van der Waals surface area contributed by atoms with Crippen LogP contribution in [0.2, 0.25) is 0 Å². The van der Waals surface area contributed by atoms with Gasteiger partial charge in [-0.25, -0.2) is 12.8 Å². The molecule has 8 heteroatoms. The second-order valence-electron chi connectivity index (χ2n) is 5.26. The lowest BCUT2D eigenvalue weighted by molar-refractivity contribution is 0.599. The van der Waals surface area contributed by atoms with E-state index in [1.165, 1.54) is 12.1 Å². The number of benzene rings is 2. The van der Waals surface area contributed by atoms with Crippen LogP contribution in [0.15, 0.2) is 52.2 Å². The fourth-order valence-electron chi connectivity index (χ4n) is 2.39. The van der Waals surface area contributed by atoms with Gasteiger partial charge >= 0.3 is 4.87 Å². The molecule has 0 amide bonds. The zero-order valence-corrected chi connectivity index (χ0v) is 14.5. The second kappa shape index (κ2) is 6.37. The highest BCUT2D eigenvalue weighted by Crippen LogP contribution is 2.24. The van der Waals surface area contributed by atoms with Crippen LogP contribution in [0.5, 0.6) is 0 Å². The van der Waals surface area contributed by atoms with E-state index in [2.05, 4.69) is 4.72 Å². The molecule has 0 saturated heterocycles. The molecule has 0 radical (unpaired) electrons. The molecule has 0 bridgehead atoms. The van der Waals surface area contributed by atoms with Crippen molar-refractivity contribution in [3.8, 4) is 0 Å². The Morgan fingerprint density at radius 1 is 1.17 bits per heavy atom. The van der Waals surface area contributed by atoms with Crippen LogP contribution in [-0.4, -0.2) is 13.0 Å². The van der Waals surface area contributed by atoms with Crippen molar-refractivity contribution in [3.63, 3.8) is 0 Å². The Bertz CT molecular complexity index is 1040. The van der Waals surface area contributed by atoms with Gasteiger partial charge in [0.05, 0.1) is 20.8 Å². The number of hydrogen-bond acceptors (Lipinski definition) is 4. The number of anilines is 1. The number of sulfonamides is 1. The van der Waals surface area contributed by atoms with E-state index in [1.54, 1.807) is 22.8 Å². The van der Waals surface area contributed by atoms with Crippen molar-refractivity contribution in [1.29, 1.82) is 0 Å². The third-order valence-electron chi connectivity index (χ3n) is 3.49. The van der Waals surface area contributed by atoms with E-state index in [0.717, 1.165) is 35.4 Å². The number of nitrogens with zero attached hydrogens (tertiary/aromatic N) is 1. The Morgan fingerprint density at radius 3 is 2.54 bits per heavy atom. The molecule has 0 aliphatic heterocycles. The largest absolute Gasteiger partial charge is 0.308 e. The van der Waals surface area contributed by atoms with Gasteiger partial charge in [0.25, 0.3) is 10.0 Å². The van der Waals surface area contributed by atoms with E-state index in [0.29, 0.717) is 16.9 Å². The second-order valence-corrected chi connectivity index (χ2v) is 7.94. The third kappa shape index (κ3) is 3.20. The molecule has 1 heterocycles. The van der Waals surface area contributed by atoms with E-state index < -0.39 is 15.8 Å². The van der Waals surface area contributed by atoms with Crippen LogP contribution < -0.4 is 9.60 Å². The minimum absolute atomic E-state index is 0.0271. The molecule has 2 aromatic carbocycles. The monoisotopic (exact) mass is 366 g/mol. The molecule has 0 fully saturated rings. The molecule has 5 nitrogen and oxygen atoms in total. The molecule has 1 aromatic heterocycles. The molecular weight excluding hydrogens is 351 g/mol. The molecule has 0 spiro atoms. The molecule has 0 aliphatic rings. The van der Waals surface area contributed by atoms with Crippen molar-refractivity contribution >= 4 is 37.3 Å². The van der Waals surface area contributed by atoms with Crippen LogP contribution >= 0.6 is 11.3 Å². The van der Waals surface area contributed by atoms with Crippen molar-refractivity contribution in [2.75, 3.05) is 4.72 Å². The first-order valence-electron chi connectivity index (χ1n) is 7.32. The van der Waals surface area contributed by atoms with Gasteiger partial charge in [-0.2, -0.15) is 0 Å². The van der Waals surface area contributed by atoms with E-state index >= 15 is 0 Å². The molecule has 0 atom stereocenters. The first-order valence-corrected chi connectivity index (χ1v) is 9.62. The van der Waals surface area contributed by atoms with E-state index in [4.69, 9.17) is 0 Å². The molecular formula is C16H15FN2O3S2. The summed E-state index contributed by atoms with van der Waals surface area (Å²) in [6.45, 7) is 2.61. The summed E-state index contributed by atoms with van der Waals surface area (Å²) in [5.74, 6) is -0.502. The molecule has 0 aliphatic carbocycles. The summed E-state index contributed by atoms with van der Waals surface area (Å²) in [4.78, 5) is 11.9. The zero-order valence-electron chi connectivity index (χ0n) is 12.8. The third-order valence-corrected chi connectivity index (χ3v) is 5.83. The Kier molecular flexibility index (Phi) is 4.42. The van der Waals surface area contributed by atoms with Gasteiger partial charge < -0.3 is 0 Å². The van der Waals surface area contributed by atoms with Gasteiger partial charge in [-0.15, -0.1) is 0 Å². The van der Waals surface area contributed by atoms with Crippen LogP contribution in [0.3, 0.4) is 0 Å². The van der Waals surface area contributed by atoms with Crippen LogP contribution in [-0.2, 0) is 16.6 Å². The van der Waals surface area contributed by atoms with Crippen molar-refractivity contribution in [2.24, 2.45) is 0 Å². The molecule has 126 valence electrons. The topological polar surface area (TPSA) is 68.2 Å². The maximum absolute atomic E-state index is 12.9. The van der Waals surface area contributed by atoms with E-state index in [1.807, 2.05) is 6.92 Å². The lowest BCUT2D eigenvalue weighted by Crippen LogP contribution is -2.13. The van der Waals surface area contributed by atoms with E-state index in [-0.39, 0.29) is 9.77 Å². The van der Waals surface area contributed by atoms with Gasteiger partial charge in [0, 0.05) is 6.54 Å². The summed E-state index contributed by atoms with van der Waals surface area (Å²) in [6.07, 6.45) is 0.838. The minimum Gasteiger partial charge on any atom is -0.299 e. The highest BCUT2D eigenvalue weighted by atomic mass is 32.2. The quantitative estimate of drug-likeness (QED) is 0.752. The SMILES string of the molecule is CCCn1c(=O)sc2cc(NS(=O)(=O)c3ccc(F)cc3)ccc21. The number of aromatic nitrogens is 1.